The largest absolute Gasteiger partial charge is 0.312 e. The molecule has 0 aliphatic heterocycles. The summed E-state index contributed by atoms with van der Waals surface area (Å²) >= 11 is 0. The van der Waals surface area contributed by atoms with Crippen molar-refractivity contribution in [2.24, 2.45) is 0 Å². The number of hydrogen-bond acceptors (Lipinski definition) is 0. The van der Waals surface area contributed by atoms with E-state index in [0.717, 1.165) is 32.5 Å². The summed E-state index contributed by atoms with van der Waals surface area (Å²) in [5.74, 6) is 0.922. The number of hydrogen-bond donors (Lipinski definition) is 0. The summed E-state index contributed by atoms with van der Waals surface area (Å²) in [5.41, 5.74) is 2.12. The molecule has 1 aliphatic carbocycles. The first kappa shape index (κ1) is 12.0. The molecule has 0 spiro atoms. The molecule has 2 heterocycles. The van der Waals surface area contributed by atoms with E-state index >= 15 is 0 Å². The summed E-state index contributed by atoms with van der Waals surface area (Å²) in [6, 6.07) is 10.4. The number of aryl methyl sites for hydroxylation is 1. The second-order valence-electron chi connectivity index (χ2n) is 5.29. The van der Waals surface area contributed by atoms with Gasteiger partial charge in [0, 0.05) is 12.1 Å². The maximum Gasteiger partial charge on any atom is 0.269 e. The van der Waals surface area contributed by atoms with Gasteiger partial charge in [0.25, 0.3) is 5.58 Å². The number of allylic oxidation sites excluding steroid dienone is 1. The van der Waals surface area contributed by atoms with Crippen LogP contribution >= 0.6 is 0 Å². The van der Waals surface area contributed by atoms with Crippen LogP contribution in [0.15, 0.2) is 47.0 Å². The molecule has 0 fully saturated rings. The molecule has 0 atom stereocenters. The van der Waals surface area contributed by atoms with E-state index in [1.807, 2.05) is 41.1 Å². The Morgan fingerprint density at radius 2 is 2.14 bits per heavy atom. The third-order valence-corrected chi connectivity index (χ3v) is 3.95. The van der Waals surface area contributed by atoms with Crippen LogP contribution in [0.1, 0.15) is 11.3 Å². The summed E-state index contributed by atoms with van der Waals surface area (Å²) < 4.78 is 8.02. The third kappa shape index (κ3) is 1.73. The molecule has 4 rings (SSSR count). The molecule has 0 radical (unpaired) electrons. The van der Waals surface area contributed by atoms with Crippen molar-refractivity contribution >= 4 is 23.1 Å². The van der Waals surface area contributed by atoms with Gasteiger partial charge in [0.15, 0.2) is 12.0 Å². The summed E-state index contributed by atoms with van der Waals surface area (Å²) in [4.78, 5) is 0. The van der Waals surface area contributed by atoms with Crippen molar-refractivity contribution < 1.29 is 8.66 Å². The summed E-state index contributed by atoms with van der Waals surface area (Å²) in [7, 11) is 0. The minimum atomic E-state index is 0.922. The predicted molar refractivity (Wildman–Crippen MR) is 83.4 cm³/mol. The highest BCUT2D eigenvalue weighted by molar-refractivity contribution is 5.84. The van der Waals surface area contributed by atoms with Crippen molar-refractivity contribution in [3.63, 3.8) is 0 Å². The average Bonchev–Trinajstić information content (AvgIpc) is 2.87. The number of nitrogens with zero attached hydrogens (tertiary/aromatic N) is 1. The zero-order chi connectivity index (χ0) is 14.4. The Hall–Kier alpha value is -2.74. The SMILES string of the molecule is C=[n+]1ccccc1=c1c(C)ccc2c3[c-]([o+]c12)C=C[CH-]C=3. The van der Waals surface area contributed by atoms with Crippen molar-refractivity contribution in [2.45, 2.75) is 6.92 Å². The Bertz CT molecular complexity index is 1090. The molecule has 1 aromatic carbocycles. The lowest BCUT2D eigenvalue weighted by atomic mass is 10.1. The Labute approximate surface area is 122 Å². The molecule has 1 aliphatic rings. The second kappa shape index (κ2) is 4.38. The summed E-state index contributed by atoms with van der Waals surface area (Å²) in [6.07, 6.45) is 10.1. The van der Waals surface area contributed by atoms with Crippen LogP contribution in [0.2, 0.25) is 0 Å². The fourth-order valence-electron chi connectivity index (χ4n) is 2.91. The lowest BCUT2D eigenvalue weighted by Crippen LogP contribution is -2.14. The van der Waals surface area contributed by atoms with Crippen LogP contribution in [-0.4, -0.2) is 0 Å². The predicted octanol–water partition coefficient (Wildman–Crippen LogP) is 2.97. The van der Waals surface area contributed by atoms with E-state index in [4.69, 9.17) is 4.42 Å². The lowest BCUT2D eigenvalue weighted by Gasteiger charge is -2.03. The highest BCUT2D eigenvalue weighted by Crippen LogP contribution is 2.21. The number of furan rings is 1. The van der Waals surface area contributed by atoms with Crippen LogP contribution < -0.4 is 9.46 Å². The normalized spacial score (nSPS) is 14.5. The average molecular weight is 273 g/mol. The van der Waals surface area contributed by atoms with Gasteiger partial charge in [-0.1, -0.05) is 17.5 Å². The van der Waals surface area contributed by atoms with Crippen molar-refractivity contribution in [3.8, 4) is 0 Å². The maximum atomic E-state index is 6.13. The van der Waals surface area contributed by atoms with Gasteiger partial charge in [-0.05, 0) is 18.6 Å². The zero-order valence-corrected chi connectivity index (χ0v) is 11.8. The maximum absolute atomic E-state index is 6.13. The molecule has 2 aromatic heterocycles. The highest BCUT2D eigenvalue weighted by Gasteiger charge is 2.12. The van der Waals surface area contributed by atoms with E-state index in [9.17, 15) is 0 Å². The van der Waals surface area contributed by atoms with E-state index < -0.39 is 0 Å². The summed E-state index contributed by atoms with van der Waals surface area (Å²) in [5, 5.41) is 4.47. The van der Waals surface area contributed by atoms with Crippen LogP contribution in [0.5, 0.6) is 0 Å². The monoisotopic (exact) mass is 273 g/mol. The molecule has 2 nitrogen and oxygen atoms in total. The smallest absolute Gasteiger partial charge is 0.269 e. The van der Waals surface area contributed by atoms with Crippen molar-refractivity contribution in [2.75, 3.05) is 0 Å². The molecule has 0 N–H and O–H groups in total. The number of fused-ring (bicyclic) bond motifs is 3. The number of benzene rings is 1. The summed E-state index contributed by atoms with van der Waals surface area (Å²) in [6.45, 7) is 6.18. The first-order valence-electron chi connectivity index (χ1n) is 6.98. The lowest BCUT2D eigenvalue weighted by molar-refractivity contribution is -0.510. The third-order valence-electron chi connectivity index (χ3n) is 3.95. The minimum Gasteiger partial charge on any atom is -0.312 e. The van der Waals surface area contributed by atoms with Gasteiger partial charge in [0.2, 0.25) is 5.35 Å². The molecular formula is C19H15NO. The van der Waals surface area contributed by atoms with Crippen molar-refractivity contribution in [1.82, 2.24) is 0 Å². The molecule has 0 amide bonds. The zero-order valence-electron chi connectivity index (χ0n) is 11.8. The van der Waals surface area contributed by atoms with E-state index in [1.54, 1.807) is 0 Å². The number of rotatable bonds is 0. The van der Waals surface area contributed by atoms with Crippen LogP contribution in [0.3, 0.4) is 0 Å². The van der Waals surface area contributed by atoms with Gasteiger partial charge in [-0.25, -0.2) is 18.6 Å². The molecule has 2 heteroatoms. The van der Waals surface area contributed by atoms with E-state index in [-0.39, 0.29) is 0 Å². The van der Waals surface area contributed by atoms with Gasteiger partial charge in [-0.15, -0.1) is 11.3 Å². The standard InChI is InChI=1S/C19H15NO/c1-13-10-11-15-14-7-3-4-9-17(14)21-19(15)18(13)16-8-5-6-12-20(16)2/h3-12H,2H2,1H3. The van der Waals surface area contributed by atoms with E-state index in [2.05, 4.69) is 37.9 Å². The Morgan fingerprint density at radius 3 is 3.00 bits per heavy atom. The fourth-order valence-corrected chi connectivity index (χ4v) is 2.91. The first-order valence-corrected chi connectivity index (χ1v) is 6.98. The molecule has 3 aromatic rings. The van der Waals surface area contributed by atoms with Gasteiger partial charge >= 0.3 is 0 Å². The van der Waals surface area contributed by atoms with Gasteiger partial charge < -0.3 is 4.42 Å². The Morgan fingerprint density at radius 1 is 1.24 bits per heavy atom. The molecule has 0 bridgehead atoms. The molecule has 0 saturated heterocycles. The molecule has 0 saturated carbocycles. The van der Waals surface area contributed by atoms with Gasteiger partial charge in [0.05, 0.1) is 0 Å². The topological polar surface area (TPSA) is 17.2 Å². The number of pyridine rings is 1. The Kier molecular flexibility index (Phi) is 2.51. The number of aromatic nitrogens is 1. The van der Waals surface area contributed by atoms with Crippen LogP contribution in [0, 0.1) is 30.6 Å². The van der Waals surface area contributed by atoms with Gasteiger partial charge in [-0.2, -0.15) is 4.24 Å². The van der Waals surface area contributed by atoms with Crippen molar-refractivity contribution in [3.05, 3.63) is 82.9 Å². The van der Waals surface area contributed by atoms with E-state index in [0.29, 0.717) is 0 Å². The minimum absolute atomic E-state index is 0.922. The van der Waals surface area contributed by atoms with Crippen LogP contribution in [-0.2, 0) is 0 Å². The molecular weight excluding hydrogens is 258 g/mol. The molecule has 0 unspecified atom stereocenters. The van der Waals surface area contributed by atoms with Crippen LogP contribution in [0.25, 0.3) is 23.1 Å². The molecule has 21 heavy (non-hydrogen) atoms. The Balaban J connectivity index is 2.38. The quantitative estimate of drug-likeness (QED) is 0.350. The fraction of sp³-hybridized carbons (Fsp3) is 0.0526. The second-order valence-corrected chi connectivity index (χ2v) is 5.29. The molecule has 102 valence electrons. The van der Waals surface area contributed by atoms with Gasteiger partial charge in [0.1, 0.15) is 11.9 Å². The van der Waals surface area contributed by atoms with Gasteiger partial charge in [-0.3, -0.25) is 0 Å². The van der Waals surface area contributed by atoms with Crippen LogP contribution in [0.4, 0.5) is 0 Å². The first-order chi connectivity index (χ1) is 10.3. The van der Waals surface area contributed by atoms with Crippen molar-refractivity contribution in [1.29, 1.82) is 0 Å². The highest BCUT2D eigenvalue weighted by atomic mass is 16.3. The van der Waals surface area contributed by atoms with E-state index in [1.165, 1.54) is 5.56 Å².